The Bertz CT molecular complexity index is 462. The van der Waals surface area contributed by atoms with Gasteiger partial charge >= 0.3 is 0 Å². The van der Waals surface area contributed by atoms with E-state index in [0.717, 1.165) is 11.1 Å². The Morgan fingerprint density at radius 2 is 0.864 bits per heavy atom. The Morgan fingerprint density at radius 3 is 1.09 bits per heavy atom. The SMILES string of the molecule is CC.CC.CC(c1ccccc1)(c1ccccc1)C(Cl)(Cl)Cl. The van der Waals surface area contributed by atoms with Gasteiger partial charge in [-0.05, 0) is 18.1 Å². The number of rotatable bonds is 2. The third-order valence-corrected chi connectivity index (χ3v) is 4.40. The van der Waals surface area contributed by atoms with Crippen molar-refractivity contribution < 1.29 is 0 Å². The molecule has 0 radical (unpaired) electrons. The van der Waals surface area contributed by atoms with Crippen LogP contribution in [0.2, 0.25) is 0 Å². The summed E-state index contributed by atoms with van der Waals surface area (Å²) >= 11 is 18.7. The summed E-state index contributed by atoms with van der Waals surface area (Å²) in [6.45, 7) is 9.95. The fourth-order valence-electron chi connectivity index (χ4n) is 2.04. The summed E-state index contributed by atoms with van der Waals surface area (Å²) in [5, 5.41) is 0. The standard InChI is InChI=1S/C15H13Cl3.2C2H6/c1-14(15(16,17)18,12-8-4-2-5-9-12)13-10-6-3-7-11-13;2*1-2/h2-11H,1H3;2*1-2H3. The molecule has 0 N–H and O–H groups in total. The molecular weight excluding hydrogens is 335 g/mol. The summed E-state index contributed by atoms with van der Waals surface area (Å²) in [5.41, 5.74) is 1.28. The first-order valence-corrected chi connectivity index (χ1v) is 8.77. The fourth-order valence-corrected chi connectivity index (χ4v) is 2.69. The molecule has 0 amide bonds. The summed E-state index contributed by atoms with van der Waals surface area (Å²) < 4.78 is -1.42. The normalized spacial score (nSPS) is 10.7. The highest BCUT2D eigenvalue weighted by atomic mass is 35.6. The van der Waals surface area contributed by atoms with Gasteiger partial charge in [0.15, 0.2) is 0 Å². The van der Waals surface area contributed by atoms with Gasteiger partial charge in [-0.1, -0.05) is 123 Å². The maximum absolute atomic E-state index is 6.24. The molecule has 0 aliphatic carbocycles. The monoisotopic (exact) mass is 358 g/mol. The van der Waals surface area contributed by atoms with Crippen molar-refractivity contribution in [3.63, 3.8) is 0 Å². The van der Waals surface area contributed by atoms with Crippen LogP contribution >= 0.6 is 34.8 Å². The minimum atomic E-state index is -1.42. The van der Waals surface area contributed by atoms with Crippen LogP contribution in [0.25, 0.3) is 0 Å². The van der Waals surface area contributed by atoms with Gasteiger partial charge in [0, 0.05) is 0 Å². The summed E-state index contributed by atoms with van der Waals surface area (Å²) in [4.78, 5) is 0. The largest absolute Gasteiger partial charge is 0.203 e. The predicted octanol–water partition coefficient (Wildman–Crippen LogP) is 7.42. The molecule has 22 heavy (non-hydrogen) atoms. The highest BCUT2D eigenvalue weighted by Gasteiger charge is 2.47. The average Bonchev–Trinajstić information content (AvgIpc) is 2.58. The first-order chi connectivity index (χ1) is 10.5. The number of hydrogen-bond acceptors (Lipinski definition) is 0. The number of benzene rings is 2. The van der Waals surface area contributed by atoms with E-state index in [4.69, 9.17) is 34.8 Å². The smallest absolute Gasteiger partial charge is 0.0823 e. The lowest BCUT2D eigenvalue weighted by Gasteiger charge is -2.37. The molecule has 2 aromatic carbocycles. The van der Waals surface area contributed by atoms with Crippen molar-refractivity contribution in [1.82, 2.24) is 0 Å². The second-order valence-corrected chi connectivity index (χ2v) is 6.64. The van der Waals surface area contributed by atoms with Crippen LogP contribution in [0, 0.1) is 0 Å². The first-order valence-electron chi connectivity index (χ1n) is 7.64. The van der Waals surface area contributed by atoms with E-state index in [1.165, 1.54) is 0 Å². The Morgan fingerprint density at radius 1 is 0.591 bits per heavy atom. The molecule has 2 aromatic rings. The van der Waals surface area contributed by atoms with Crippen LogP contribution in [0.15, 0.2) is 60.7 Å². The molecule has 0 spiro atoms. The van der Waals surface area contributed by atoms with Crippen molar-refractivity contribution in [2.45, 2.75) is 43.8 Å². The van der Waals surface area contributed by atoms with E-state index in [0.29, 0.717) is 0 Å². The van der Waals surface area contributed by atoms with E-state index in [1.54, 1.807) is 0 Å². The van der Waals surface area contributed by atoms with E-state index in [-0.39, 0.29) is 0 Å². The summed E-state index contributed by atoms with van der Waals surface area (Å²) in [5.74, 6) is 0. The summed E-state index contributed by atoms with van der Waals surface area (Å²) in [6.07, 6.45) is 0. The molecule has 0 bridgehead atoms. The molecule has 0 aliphatic rings. The lowest BCUT2D eigenvalue weighted by atomic mass is 9.77. The van der Waals surface area contributed by atoms with Crippen LogP contribution in [-0.2, 0) is 5.41 Å². The number of hydrogen-bond donors (Lipinski definition) is 0. The third kappa shape index (κ3) is 4.91. The quantitative estimate of drug-likeness (QED) is 0.489. The fraction of sp³-hybridized carbons (Fsp3) is 0.368. The second kappa shape index (κ2) is 10.2. The molecule has 122 valence electrons. The van der Waals surface area contributed by atoms with Crippen LogP contribution in [0.1, 0.15) is 45.7 Å². The van der Waals surface area contributed by atoms with Gasteiger partial charge in [0.2, 0.25) is 3.79 Å². The molecule has 0 unspecified atom stereocenters. The van der Waals surface area contributed by atoms with E-state index < -0.39 is 9.21 Å². The van der Waals surface area contributed by atoms with E-state index >= 15 is 0 Å². The maximum Gasteiger partial charge on any atom is 0.203 e. The Hall–Kier alpha value is -0.690. The van der Waals surface area contributed by atoms with Gasteiger partial charge in [0.1, 0.15) is 0 Å². The zero-order valence-corrected chi connectivity index (χ0v) is 16.2. The number of alkyl halides is 3. The molecule has 3 heteroatoms. The molecule has 2 rings (SSSR count). The van der Waals surface area contributed by atoms with Crippen molar-refractivity contribution in [1.29, 1.82) is 0 Å². The van der Waals surface area contributed by atoms with Gasteiger partial charge in [-0.25, -0.2) is 0 Å². The Labute approximate surface area is 150 Å². The van der Waals surface area contributed by atoms with Crippen LogP contribution in [-0.4, -0.2) is 3.79 Å². The number of halogens is 3. The average molecular weight is 360 g/mol. The zero-order valence-electron chi connectivity index (χ0n) is 13.9. The summed E-state index contributed by atoms with van der Waals surface area (Å²) in [7, 11) is 0. The van der Waals surface area contributed by atoms with Crippen molar-refractivity contribution in [2.24, 2.45) is 0 Å². The molecule has 0 saturated carbocycles. The Kier molecular flexibility index (Phi) is 9.84. The van der Waals surface area contributed by atoms with E-state index in [9.17, 15) is 0 Å². The van der Waals surface area contributed by atoms with Crippen molar-refractivity contribution in [2.75, 3.05) is 0 Å². The minimum absolute atomic E-state index is 0.680. The molecule has 0 atom stereocenters. The molecule has 0 aliphatic heterocycles. The third-order valence-electron chi connectivity index (χ3n) is 3.27. The van der Waals surface area contributed by atoms with E-state index in [1.807, 2.05) is 95.3 Å². The van der Waals surface area contributed by atoms with Gasteiger partial charge in [-0.15, -0.1) is 0 Å². The van der Waals surface area contributed by atoms with Crippen LogP contribution in [0.5, 0.6) is 0 Å². The lowest BCUT2D eigenvalue weighted by molar-refractivity contribution is 0.585. The predicted molar refractivity (Wildman–Crippen MR) is 102 cm³/mol. The molecule has 0 nitrogen and oxygen atoms in total. The second-order valence-electron chi connectivity index (χ2n) is 4.35. The highest BCUT2D eigenvalue weighted by molar-refractivity contribution is 6.68. The topological polar surface area (TPSA) is 0 Å². The minimum Gasteiger partial charge on any atom is -0.0823 e. The van der Waals surface area contributed by atoms with Gasteiger partial charge in [-0.3, -0.25) is 0 Å². The van der Waals surface area contributed by atoms with Crippen LogP contribution in [0.4, 0.5) is 0 Å². The highest BCUT2D eigenvalue weighted by Crippen LogP contribution is 2.50. The van der Waals surface area contributed by atoms with Gasteiger partial charge in [-0.2, -0.15) is 0 Å². The molecular formula is C19H25Cl3. The van der Waals surface area contributed by atoms with E-state index in [2.05, 4.69) is 0 Å². The Balaban J connectivity index is 0.00000102. The summed E-state index contributed by atoms with van der Waals surface area (Å²) in [6, 6.07) is 19.6. The molecule has 0 aromatic heterocycles. The van der Waals surface area contributed by atoms with Gasteiger partial charge in [0.05, 0.1) is 5.41 Å². The first kappa shape index (κ1) is 21.3. The van der Waals surface area contributed by atoms with Gasteiger partial charge < -0.3 is 0 Å². The van der Waals surface area contributed by atoms with Crippen molar-refractivity contribution >= 4 is 34.8 Å². The van der Waals surface area contributed by atoms with Crippen molar-refractivity contribution in [3.05, 3.63) is 71.8 Å². The van der Waals surface area contributed by atoms with Crippen LogP contribution in [0.3, 0.4) is 0 Å². The van der Waals surface area contributed by atoms with Crippen molar-refractivity contribution in [3.8, 4) is 0 Å². The maximum atomic E-state index is 6.24. The molecule has 0 saturated heterocycles. The zero-order chi connectivity index (χ0) is 17.2. The molecule has 0 fully saturated rings. The van der Waals surface area contributed by atoms with Gasteiger partial charge in [0.25, 0.3) is 0 Å². The lowest BCUT2D eigenvalue weighted by Crippen LogP contribution is -2.38. The van der Waals surface area contributed by atoms with Crippen LogP contribution < -0.4 is 0 Å². The molecule has 0 heterocycles.